The van der Waals surface area contributed by atoms with Gasteiger partial charge in [-0.3, -0.25) is 0 Å². The summed E-state index contributed by atoms with van der Waals surface area (Å²) in [4.78, 5) is 2.62. The maximum absolute atomic E-state index is 9.88. The van der Waals surface area contributed by atoms with Gasteiger partial charge >= 0.3 is 0 Å². The molecule has 1 aliphatic heterocycles. The highest BCUT2D eigenvalue weighted by atomic mass is 32.2. The summed E-state index contributed by atoms with van der Waals surface area (Å²) in [7, 11) is 0. The molecule has 1 N–H and O–H groups in total. The molecular weight excluding hydrogens is 242 g/mol. The van der Waals surface area contributed by atoms with Crippen molar-refractivity contribution in [1.82, 2.24) is 4.90 Å². The van der Waals surface area contributed by atoms with Crippen molar-refractivity contribution in [2.75, 3.05) is 32.0 Å². The van der Waals surface area contributed by atoms with Crippen LogP contribution in [0, 0.1) is 11.3 Å². The zero-order valence-corrected chi connectivity index (χ0v) is 12.8. The first-order chi connectivity index (χ1) is 8.67. The molecule has 1 aliphatic carbocycles. The van der Waals surface area contributed by atoms with Crippen LogP contribution in [0.15, 0.2) is 0 Å². The van der Waals surface area contributed by atoms with Crippen LogP contribution in [0.25, 0.3) is 0 Å². The van der Waals surface area contributed by atoms with Gasteiger partial charge in [-0.2, -0.15) is 11.8 Å². The summed E-state index contributed by atoms with van der Waals surface area (Å²) in [6.07, 6.45) is 6.40. The number of thioether (sulfide) groups is 1. The van der Waals surface area contributed by atoms with E-state index in [9.17, 15) is 5.11 Å². The smallest absolute Gasteiger partial charge is 0.0499 e. The minimum Gasteiger partial charge on any atom is -0.396 e. The second-order valence-electron chi connectivity index (χ2n) is 6.50. The van der Waals surface area contributed by atoms with Crippen molar-refractivity contribution in [3.05, 3.63) is 0 Å². The van der Waals surface area contributed by atoms with Crippen LogP contribution in [0.2, 0.25) is 0 Å². The average Bonchev–Trinajstić information content (AvgIpc) is 2.39. The maximum atomic E-state index is 9.88. The maximum Gasteiger partial charge on any atom is 0.0499 e. The molecule has 0 amide bonds. The molecule has 0 aromatic rings. The number of hydrogen-bond donors (Lipinski definition) is 1. The highest BCUT2D eigenvalue weighted by molar-refractivity contribution is 8.00. The fraction of sp³-hybridized carbons (Fsp3) is 1.00. The highest BCUT2D eigenvalue weighted by Crippen LogP contribution is 2.40. The van der Waals surface area contributed by atoms with Gasteiger partial charge in [-0.1, -0.05) is 26.7 Å². The fourth-order valence-corrected chi connectivity index (χ4v) is 5.00. The average molecular weight is 271 g/mol. The molecule has 3 heteroatoms. The number of aliphatic hydroxyl groups is 1. The number of hydrogen-bond acceptors (Lipinski definition) is 3. The predicted octanol–water partition coefficient (Wildman–Crippen LogP) is 3.00. The van der Waals surface area contributed by atoms with Crippen molar-refractivity contribution in [2.45, 2.75) is 51.2 Å². The van der Waals surface area contributed by atoms with Gasteiger partial charge in [0, 0.05) is 42.7 Å². The lowest BCUT2D eigenvalue weighted by Crippen LogP contribution is -2.47. The summed E-state index contributed by atoms with van der Waals surface area (Å²) in [6, 6.07) is 0. The first-order valence-electron chi connectivity index (χ1n) is 7.62. The molecule has 1 saturated carbocycles. The summed E-state index contributed by atoms with van der Waals surface area (Å²) in [5.41, 5.74) is 0.206. The minimum absolute atomic E-state index is 0.206. The summed E-state index contributed by atoms with van der Waals surface area (Å²) >= 11 is 2.13. The third-order valence-corrected chi connectivity index (χ3v) is 6.13. The van der Waals surface area contributed by atoms with E-state index in [1.54, 1.807) is 0 Å². The van der Waals surface area contributed by atoms with Gasteiger partial charge in [-0.15, -0.1) is 0 Å². The van der Waals surface area contributed by atoms with E-state index < -0.39 is 0 Å². The quantitative estimate of drug-likeness (QED) is 0.850. The second kappa shape index (κ2) is 6.62. The Morgan fingerprint density at radius 3 is 2.94 bits per heavy atom. The first kappa shape index (κ1) is 14.7. The molecule has 2 fully saturated rings. The van der Waals surface area contributed by atoms with Gasteiger partial charge < -0.3 is 10.0 Å². The van der Waals surface area contributed by atoms with E-state index in [1.165, 1.54) is 50.9 Å². The van der Waals surface area contributed by atoms with Crippen LogP contribution in [0.1, 0.15) is 46.0 Å². The second-order valence-corrected chi connectivity index (χ2v) is 7.90. The lowest BCUT2D eigenvalue weighted by atomic mass is 9.70. The van der Waals surface area contributed by atoms with Gasteiger partial charge in [0.2, 0.25) is 0 Å². The number of nitrogens with zero attached hydrogens (tertiary/aromatic N) is 1. The number of aliphatic hydroxyl groups excluding tert-OH is 1. The third-order valence-electron chi connectivity index (χ3n) is 4.76. The van der Waals surface area contributed by atoms with E-state index in [1.807, 2.05) is 0 Å². The zero-order valence-electron chi connectivity index (χ0n) is 12.0. The Morgan fingerprint density at radius 1 is 1.44 bits per heavy atom. The van der Waals surface area contributed by atoms with Crippen molar-refractivity contribution in [3.63, 3.8) is 0 Å². The normalized spacial score (nSPS) is 38.8. The molecule has 0 bridgehead atoms. The van der Waals surface area contributed by atoms with Crippen LogP contribution < -0.4 is 0 Å². The Morgan fingerprint density at radius 2 is 2.28 bits per heavy atom. The highest BCUT2D eigenvalue weighted by Gasteiger charge is 2.36. The molecule has 2 rings (SSSR count). The molecule has 2 aliphatic rings. The van der Waals surface area contributed by atoms with Crippen molar-refractivity contribution in [3.8, 4) is 0 Å². The predicted molar refractivity (Wildman–Crippen MR) is 80.1 cm³/mol. The Kier molecular flexibility index (Phi) is 5.40. The van der Waals surface area contributed by atoms with E-state index in [0.717, 1.165) is 17.7 Å². The van der Waals surface area contributed by atoms with Crippen LogP contribution in [-0.2, 0) is 0 Å². The molecule has 0 spiro atoms. The van der Waals surface area contributed by atoms with Gasteiger partial charge in [-0.05, 0) is 25.2 Å². The molecular formula is C15H29NOS. The molecule has 3 atom stereocenters. The molecule has 1 heterocycles. The topological polar surface area (TPSA) is 23.5 Å². The summed E-state index contributed by atoms with van der Waals surface area (Å²) in [5.74, 6) is 2.07. The SMILES string of the molecule is CCC1CN(CC2(CO)CCCC(C)C2)CCS1. The number of rotatable bonds is 4. The lowest BCUT2D eigenvalue weighted by molar-refractivity contribution is 0.0247. The Bertz CT molecular complexity index is 261. The molecule has 2 nitrogen and oxygen atoms in total. The van der Waals surface area contributed by atoms with Crippen LogP contribution in [0.5, 0.6) is 0 Å². The fourth-order valence-electron chi connectivity index (χ4n) is 3.75. The standard InChI is InChI=1S/C15H29NOS/c1-3-14-10-16(7-8-18-14)11-15(12-17)6-4-5-13(2)9-15/h13-14,17H,3-12H2,1-2H3. The summed E-state index contributed by atoms with van der Waals surface area (Å²) in [6.45, 7) is 8.62. The Balaban J connectivity index is 1.92. The van der Waals surface area contributed by atoms with Crippen molar-refractivity contribution < 1.29 is 5.11 Å². The molecule has 1 saturated heterocycles. The van der Waals surface area contributed by atoms with E-state index in [2.05, 4.69) is 30.5 Å². The van der Waals surface area contributed by atoms with Crippen molar-refractivity contribution in [1.29, 1.82) is 0 Å². The third kappa shape index (κ3) is 3.64. The first-order valence-corrected chi connectivity index (χ1v) is 8.67. The lowest BCUT2D eigenvalue weighted by Gasteiger charge is -2.44. The van der Waals surface area contributed by atoms with E-state index >= 15 is 0 Å². The summed E-state index contributed by atoms with van der Waals surface area (Å²) < 4.78 is 0. The van der Waals surface area contributed by atoms with Gasteiger partial charge in [0.05, 0.1) is 0 Å². The van der Waals surface area contributed by atoms with Gasteiger partial charge in [0.15, 0.2) is 0 Å². The van der Waals surface area contributed by atoms with Crippen LogP contribution in [0.3, 0.4) is 0 Å². The van der Waals surface area contributed by atoms with Crippen LogP contribution in [-0.4, -0.2) is 47.3 Å². The van der Waals surface area contributed by atoms with Crippen LogP contribution >= 0.6 is 11.8 Å². The van der Waals surface area contributed by atoms with E-state index in [0.29, 0.717) is 6.61 Å². The largest absolute Gasteiger partial charge is 0.396 e. The Hall–Kier alpha value is 0.270. The molecule has 0 aromatic heterocycles. The van der Waals surface area contributed by atoms with Gasteiger partial charge in [0.25, 0.3) is 0 Å². The zero-order chi connectivity index (χ0) is 13.0. The molecule has 106 valence electrons. The van der Waals surface area contributed by atoms with Gasteiger partial charge in [-0.25, -0.2) is 0 Å². The van der Waals surface area contributed by atoms with Crippen molar-refractivity contribution >= 4 is 11.8 Å². The van der Waals surface area contributed by atoms with E-state index in [-0.39, 0.29) is 5.41 Å². The molecule has 0 aromatic carbocycles. The van der Waals surface area contributed by atoms with Crippen molar-refractivity contribution in [2.24, 2.45) is 11.3 Å². The van der Waals surface area contributed by atoms with Gasteiger partial charge in [0.1, 0.15) is 0 Å². The molecule has 18 heavy (non-hydrogen) atoms. The Labute approximate surface area is 117 Å². The molecule has 0 radical (unpaired) electrons. The van der Waals surface area contributed by atoms with Crippen LogP contribution in [0.4, 0.5) is 0 Å². The minimum atomic E-state index is 0.206. The summed E-state index contributed by atoms with van der Waals surface area (Å²) in [5, 5.41) is 10.7. The van der Waals surface area contributed by atoms with E-state index in [4.69, 9.17) is 0 Å². The molecule has 3 unspecified atom stereocenters. The monoisotopic (exact) mass is 271 g/mol.